The van der Waals surface area contributed by atoms with Crippen LogP contribution in [0.4, 0.5) is 0 Å². The highest BCUT2D eigenvalue weighted by molar-refractivity contribution is 9.10. The van der Waals surface area contributed by atoms with Gasteiger partial charge in [0.15, 0.2) is 0 Å². The Labute approximate surface area is 117 Å². The van der Waals surface area contributed by atoms with Crippen LogP contribution in [0, 0.1) is 0 Å². The quantitative estimate of drug-likeness (QED) is 0.854. The molecule has 0 saturated carbocycles. The van der Waals surface area contributed by atoms with Crippen molar-refractivity contribution in [2.75, 3.05) is 0 Å². The number of rotatable bonds is 5. The minimum Gasteiger partial charge on any atom is -0.468 e. The second-order valence-corrected chi connectivity index (χ2v) is 5.33. The van der Waals surface area contributed by atoms with E-state index in [0.717, 1.165) is 16.7 Å². The lowest BCUT2D eigenvalue weighted by atomic mass is 10.0. The van der Waals surface area contributed by atoms with E-state index in [9.17, 15) is 0 Å². The van der Waals surface area contributed by atoms with Crippen LogP contribution in [0.1, 0.15) is 43.7 Å². The number of hydrogen-bond donors (Lipinski definition) is 1. The Hall–Kier alpha value is -1.06. The fourth-order valence-electron chi connectivity index (χ4n) is 2.07. The molecule has 1 heterocycles. The molecule has 0 amide bonds. The third-order valence-electron chi connectivity index (χ3n) is 3.10. The molecule has 0 aliphatic carbocycles. The van der Waals surface area contributed by atoms with Gasteiger partial charge in [0.2, 0.25) is 0 Å². The first-order chi connectivity index (χ1) is 8.70. The first-order valence-corrected chi connectivity index (χ1v) is 7.05. The van der Waals surface area contributed by atoms with Crippen molar-refractivity contribution >= 4 is 15.9 Å². The number of furan rings is 1. The van der Waals surface area contributed by atoms with Gasteiger partial charge in [-0.1, -0.05) is 35.0 Å². The van der Waals surface area contributed by atoms with Crippen molar-refractivity contribution in [3.63, 3.8) is 0 Å². The van der Waals surface area contributed by atoms with E-state index in [1.54, 1.807) is 6.26 Å². The molecule has 0 bridgehead atoms. The molecule has 2 aromatic rings. The summed E-state index contributed by atoms with van der Waals surface area (Å²) in [6, 6.07) is 13.0. The molecule has 0 radical (unpaired) electrons. The monoisotopic (exact) mass is 307 g/mol. The van der Waals surface area contributed by atoms with Crippen molar-refractivity contribution in [3.05, 3.63) is 58.5 Å². The lowest BCUT2D eigenvalue weighted by Crippen LogP contribution is -2.23. The van der Waals surface area contributed by atoms with E-state index in [-0.39, 0.29) is 6.04 Å². The summed E-state index contributed by atoms with van der Waals surface area (Å²) in [7, 11) is 0. The third kappa shape index (κ3) is 3.24. The first kappa shape index (κ1) is 13.4. The van der Waals surface area contributed by atoms with Crippen molar-refractivity contribution in [3.8, 4) is 0 Å². The summed E-state index contributed by atoms with van der Waals surface area (Å²) >= 11 is 3.46. The topological polar surface area (TPSA) is 25.2 Å². The van der Waals surface area contributed by atoms with Crippen LogP contribution in [0.15, 0.2) is 51.6 Å². The highest BCUT2D eigenvalue weighted by Crippen LogP contribution is 2.23. The van der Waals surface area contributed by atoms with Crippen LogP contribution in [0.2, 0.25) is 0 Å². The maximum atomic E-state index is 5.43. The van der Waals surface area contributed by atoms with Gasteiger partial charge in [-0.2, -0.15) is 0 Å². The van der Waals surface area contributed by atoms with Crippen molar-refractivity contribution in [2.45, 2.75) is 32.4 Å². The summed E-state index contributed by atoms with van der Waals surface area (Å²) < 4.78 is 6.54. The largest absolute Gasteiger partial charge is 0.468 e. The van der Waals surface area contributed by atoms with Crippen LogP contribution in [-0.4, -0.2) is 0 Å². The minimum atomic E-state index is 0.216. The number of halogens is 1. The zero-order valence-electron chi connectivity index (χ0n) is 10.7. The van der Waals surface area contributed by atoms with E-state index in [1.165, 1.54) is 5.56 Å². The van der Waals surface area contributed by atoms with E-state index in [2.05, 4.69) is 59.4 Å². The summed E-state index contributed by atoms with van der Waals surface area (Å²) in [5, 5.41) is 3.60. The summed E-state index contributed by atoms with van der Waals surface area (Å²) in [5.74, 6) is 0.977. The van der Waals surface area contributed by atoms with Gasteiger partial charge in [-0.3, -0.25) is 0 Å². The number of nitrogens with one attached hydrogen (secondary N) is 1. The molecule has 2 nitrogen and oxygen atoms in total. The molecule has 0 aliphatic heterocycles. The Bertz CT molecular complexity index is 464. The Morgan fingerprint density at radius 2 is 1.94 bits per heavy atom. The molecule has 2 atom stereocenters. The number of benzene rings is 1. The van der Waals surface area contributed by atoms with E-state index >= 15 is 0 Å². The van der Waals surface area contributed by atoms with Crippen molar-refractivity contribution < 1.29 is 4.42 Å². The Morgan fingerprint density at radius 3 is 2.50 bits per heavy atom. The Balaban J connectivity index is 2.07. The molecule has 0 saturated heterocycles. The molecule has 1 aromatic heterocycles. The van der Waals surface area contributed by atoms with Gasteiger partial charge in [0.05, 0.1) is 12.3 Å². The predicted molar refractivity (Wildman–Crippen MR) is 77.4 cm³/mol. The van der Waals surface area contributed by atoms with E-state index < -0.39 is 0 Å². The highest BCUT2D eigenvalue weighted by Gasteiger charge is 2.15. The molecule has 0 spiro atoms. The summed E-state index contributed by atoms with van der Waals surface area (Å²) in [6.45, 7) is 4.31. The molecule has 0 fully saturated rings. The molecule has 2 unspecified atom stereocenters. The Morgan fingerprint density at radius 1 is 1.22 bits per heavy atom. The average Bonchev–Trinajstić information content (AvgIpc) is 2.91. The van der Waals surface area contributed by atoms with Crippen LogP contribution >= 0.6 is 15.9 Å². The third-order valence-corrected chi connectivity index (χ3v) is 3.63. The fraction of sp³-hybridized carbons (Fsp3) is 0.333. The van der Waals surface area contributed by atoms with Gasteiger partial charge in [0.25, 0.3) is 0 Å². The van der Waals surface area contributed by atoms with Crippen molar-refractivity contribution in [1.29, 1.82) is 0 Å². The lowest BCUT2D eigenvalue weighted by Gasteiger charge is -2.21. The van der Waals surface area contributed by atoms with Crippen molar-refractivity contribution in [1.82, 2.24) is 5.32 Å². The normalized spacial score (nSPS) is 14.4. The minimum absolute atomic E-state index is 0.216. The zero-order chi connectivity index (χ0) is 13.0. The predicted octanol–water partition coefficient (Wildman–Crippen LogP) is 4.84. The van der Waals surface area contributed by atoms with E-state index in [4.69, 9.17) is 4.42 Å². The van der Waals surface area contributed by atoms with Gasteiger partial charge < -0.3 is 9.73 Å². The van der Waals surface area contributed by atoms with Crippen LogP contribution in [0.5, 0.6) is 0 Å². The van der Waals surface area contributed by atoms with Gasteiger partial charge >= 0.3 is 0 Å². The molecular weight excluding hydrogens is 290 g/mol. The molecule has 18 heavy (non-hydrogen) atoms. The molecule has 2 rings (SSSR count). The van der Waals surface area contributed by atoms with Gasteiger partial charge in [-0.05, 0) is 43.2 Å². The second kappa shape index (κ2) is 6.21. The number of hydrogen-bond acceptors (Lipinski definition) is 2. The van der Waals surface area contributed by atoms with Gasteiger partial charge in [-0.25, -0.2) is 0 Å². The SMILES string of the molecule is CCC(NC(C)c1ccco1)c1ccc(Br)cc1. The fourth-order valence-corrected chi connectivity index (χ4v) is 2.33. The molecule has 0 aliphatic rings. The highest BCUT2D eigenvalue weighted by atomic mass is 79.9. The summed E-state index contributed by atoms with van der Waals surface area (Å²) in [5.41, 5.74) is 1.30. The molecular formula is C15H18BrNO. The average molecular weight is 308 g/mol. The maximum Gasteiger partial charge on any atom is 0.120 e. The standard InChI is InChI=1S/C15H18BrNO/c1-3-14(12-6-8-13(16)9-7-12)17-11(2)15-5-4-10-18-15/h4-11,14,17H,3H2,1-2H3. The van der Waals surface area contributed by atoms with Crippen LogP contribution in [0.3, 0.4) is 0 Å². The van der Waals surface area contributed by atoms with Gasteiger partial charge in [0.1, 0.15) is 5.76 Å². The maximum absolute atomic E-state index is 5.43. The summed E-state index contributed by atoms with van der Waals surface area (Å²) in [4.78, 5) is 0. The smallest absolute Gasteiger partial charge is 0.120 e. The second-order valence-electron chi connectivity index (χ2n) is 4.42. The lowest BCUT2D eigenvalue weighted by molar-refractivity contribution is 0.387. The molecule has 96 valence electrons. The first-order valence-electron chi connectivity index (χ1n) is 6.25. The zero-order valence-corrected chi connectivity index (χ0v) is 12.3. The molecule has 1 aromatic carbocycles. The van der Waals surface area contributed by atoms with Gasteiger partial charge in [-0.15, -0.1) is 0 Å². The van der Waals surface area contributed by atoms with Crippen LogP contribution < -0.4 is 5.32 Å². The van der Waals surface area contributed by atoms with Gasteiger partial charge in [0, 0.05) is 10.5 Å². The summed E-state index contributed by atoms with van der Waals surface area (Å²) in [6.07, 6.45) is 2.76. The van der Waals surface area contributed by atoms with Crippen LogP contribution in [0.25, 0.3) is 0 Å². The van der Waals surface area contributed by atoms with Crippen LogP contribution in [-0.2, 0) is 0 Å². The molecule has 1 N–H and O–H groups in total. The Kier molecular flexibility index (Phi) is 4.61. The van der Waals surface area contributed by atoms with Crippen molar-refractivity contribution in [2.24, 2.45) is 0 Å². The van der Waals surface area contributed by atoms with E-state index in [0.29, 0.717) is 6.04 Å². The van der Waals surface area contributed by atoms with E-state index in [1.807, 2.05) is 12.1 Å². The molecule has 3 heteroatoms.